The number of likely N-dealkylation sites (N-methyl/N-ethyl adjacent to an activating group) is 1. The van der Waals surface area contributed by atoms with E-state index in [1.54, 1.807) is 0 Å². The lowest BCUT2D eigenvalue weighted by Crippen LogP contribution is -2.33. The molecule has 19 heavy (non-hydrogen) atoms. The van der Waals surface area contributed by atoms with Gasteiger partial charge in [0.2, 0.25) is 11.8 Å². The maximum atomic E-state index is 11.7. The van der Waals surface area contributed by atoms with Crippen molar-refractivity contribution in [1.82, 2.24) is 9.88 Å². The molecule has 6 nitrogen and oxygen atoms in total. The molecule has 7 heteroatoms. The largest absolute Gasteiger partial charge is 0.480 e. The second-order valence-corrected chi connectivity index (χ2v) is 4.89. The van der Waals surface area contributed by atoms with Crippen molar-refractivity contribution in [2.24, 2.45) is 0 Å². The minimum atomic E-state index is -1.05. The van der Waals surface area contributed by atoms with Crippen LogP contribution in [0.15, 0.2) is 28.2 Å². The normalized spacial score (nSPS) is 10.4. The fraction of sp³-hybridized carbons (Fsp3) is 0.250. The molecule has 0 aromatic carbocycles. The summed E-state index contributed by atoms with van der Waals surface area (Å²) in [6.45, 7) is -0.325. The number of amides is 1. The number of carboxylic acids is 1. The van der Waals surface area contributed by atoms with Crippen molar-refractivity contribution in [1.29, 1.82) is 0 Å². The molecule has 0 spiro atoms. The summed E-state index contributed by atoms with van der Waals surface area (Å²) in [5, 5.41) is 10.5. The molecule has 0 atom stereocenters. The summed E-state index contributed by atoms with van der Waals surface area (Å²) in [6.07, 6.45) is 1.44. The van der Waals surface area contributed by atoms with Crippen LogP contribution in [0.3, 0.4) is 0 Å². The zero-order valence-electron chi connectivity index (χ0n) is 10.2. The summed E-state index contributed by atoms with van der Waals surface area (Å²) < 4.78 is 5.28. The number of carboxylic acid groups (broad SMARTS) is 1. The maximum Gasteiger partial charge on any atom is 0.323 e. The Hall–Kier alpha value is -2.15. The van der Waals surface area contributed by atoms with Crippen LogP contribution in [-0.2, 0) is 16.0 Å². The standard InChI is InChI=1S/C12H12N2O4S/c1-14(6-11(16)17)10(15)5-8-7-18-12(13-8)9-3-2-4-19-9/h2-4,7H,5-6H2,1H3,(H,16,17). The molecule has 0 bridgehead atoms. The molecule has 2 aromatic rings. The Labute approximate surface area is 113 Å². The van der Waals surface area contributed by atoms with Crippen LogP contribution >= 0.6 is 11.3 Å². The van der Waals surface area contributed by atoms with E-state index in [1.165, 1.54) is 24.6 Å². The number of oxazole rings is 1. The van der Waals surface area contributed by atoms with Crippen LogP contribution in [0, 0.1) is 0 Å². The fourth-order valence-electron chi connectivity index (χ4n) is 1.48. The first-order chi connectivity index (χ1) is 9.06. The van der Waals surface area contributed by atoms with Crippen LogP contribution in [-0.4, -0.2) is 40.5 Å². The molecule has 0 saturated carbocycles. The van der Waals surface area contributed by atoms with E-state index in [-0.39, 0.29) is 18.9 Å². The first-order valence-corrected chi connectivity index (χ1v) is 6.38. The van der Waals surface area contributed by atoms with Gasteiger partial charge in [-0.15, -0.1) is 11.3 Å². The molecule has 0 fully saturated rings. The van der Waals surface area contributed by atoms with Crippen molar-refractivity contribution < 1.29 is 19.1 Å². The van der Waals surface area contributed by atoms with Crippen LogP contribution in [0.1, 0.15) is 5.69 Å². The third kappa shape index (κ3) is 3.41. The summed E-state index contributed by atoms with van der Waals surface area (Å²) in [5.41, 5.74) is 0.491. The molecule has 2 heterocycles. The highest BCUT2D eigenvalue weighted by molar-refractivity contribution is 7.13. The second-order valence-electron chi connectivity index (χ2n) is 3.94. The van der Waals surface area contributed by atoms with Crippen molar-refractivity contribution in [3.05, 3.63) is 29.5 Å². The van der Waals surface area contributed by atoms with Crippen molar-refractivity contribution in [3.63, 3.8) is 0 Å². The lowest BCUT2D eigenvalue weighted by atomic mass is 10.3. The Bertz CT molecular complexity index is 576. The smallest absolute Gasteiger partial charge is 0.323 e. The van der Waals surface area contributed by atoms with E-state index < -0.39 is 5.97 Å². The molecule has 0 saturated heterocycles. The van der Waals surface area contributed by atoms with Gasteiger partial charge in [-0.2, -0.15) is 0 Å². The van der Waals surface area contributed by atoms with E-state index in [2.05, 4.69) is 4.98 Å². The average Bonchev–Trinajstić information content (AvgIpc) is 2.96. The van der Waals surface area contributed by atoms with E-state index >= 15 is 0 Å². The highest BCUT2D eigenvalue weighted by Crippen LogP contribution is 2.23. The summed E-state index contributed by atoms with van der Waals surface area (Å²) in [7, 11) is 1.44. The minimum Gasteiger partial charge on any atom is -0.480 e. The highest BCUT2D eigenvalue weighted by atomic mass is 32.1. The number of carbonyl (C=O) groups is 2. The van der Waals surface area contributed by atoms with Gasteiger partial charge in [0.25, 0.3) is 0 Å². The quantitative estimate of drug-likeness (QED) is 0.897. The SMILES string of the molecule is CN(CC(=O)O)C(=O)Cc1coc(-c2cccs2)n1. The van der Waals surface area contributed by atoms with Crippen molar-refractivity contribution >= 4 is 23.2 Å². The van der Waals surface area contributed by atoms with Gasteiger partial charge >= 0.3 is 5.97 Å². The summed E-state index contributed by atoms with van der Waals surface area (Å²) in [5.74, 6) is -0.887. The van der Waals surface area contributed by atoms with E-state index in [1.807, 2.05) is 17.5 Å². The van der Waals surface area contributed by atoms with Crippen molar-refractivity contribution in [3.8, 4) is 10.8 Å². The highest BCUT2D eigenvalue weighted by Gasteiger charge is 2.15. The molecule has 0 aliphatic rings. The number of hydrogen-bond acceptors (Lipinski definition) is 5. The zero-order valence-corrected chi connectivity index (χ0v) is 11.0. The molecular weight excluding hydrogens is 268 g/mol. The van der Waals surface area contributed by atoms with Gasteiger partial charge in [-0.25, -0.2) is 4.98 Å². The van der Waals surface area contributed by atoms with Crippen LogP contribution < -0.4 is 0 Å². The first-order valence-electron chi connectivity index (χ1n) is 5.50. The fourth-order valence-corrected chi connectivity index (χ4v) is 2.14. The van der Waals surface area contributed by atoms with Gasteiger partial charge in [-0.3, -0.25) is 9.59 Å². The van der Waals surface area contributed by atoms with Crippen LogP contribution in [0.5, 0.6) is 0 Å². The predicted molar refractivity (Wildman–Crippen MR) is 68.8 cm³/mol. The van der Waals surface area contributed by atoms with E-state index in [9.17, 15) is 9.59 Å². The number of hydrogen-bond donors (Lipinski definition) is 1. The summed E-state index contributed by atoms with van der Waals surface area (Å²) in [6, 6.07) is 3.76. The third-order valence-corrected chi connectivity index (χ3v) is 3.27. The summed E-state index contributed by atoms with van der Waals surface area (Å²) in [4.78, 5) is 28.5. The van der Waals surface area contributed by atoms with Crippen LogP contribution in [0.25, 0.3) is 10.8 Å². The van der Waals surface area contributed by atoms with Gasteiger partial charge in [0.05, 0.1) is 17.0 Å². The van der Waals surface area contributed by atoms with Gasteiger partial charge in [0.1, 0.15) is 12.8 Å². The zero-order chi connectivity index (χ0) is 13.8. The Morgan fingerprint density at radius 3 is 2.95 bits per heavy atom. The second kappa shape index (κ2) is 5.66. The monoisotopic (exact) mass is 280 g/mol. The number of carbonyl (C=O) groups excluding carboxylic acids is 1. The van der Waals surface area contributed by atoms with Gasteiger partial charge in [-0.05, 0) is 11.4 Å². The summed E-state index contributed by atoms with van der Waals surface area (Å²) >= 11 is 1.49. The molecule has 0 aliphatic carbocycles. The molecule has 100 valence electrons. The molecule has 2 rings (SSSR count). The van der Waals surface area contributed by atoms with E-state index in [4.69, 9.17) is 9.52 Å². The van der Waals surface area contributed by atoms with Crippen LogP contribution in [0.4, 0.5) is 0 Å². The molecule has 1 N–H and O–H groups in total. The molecule has 2 aromatic heterocycles. The van der Waals surface area contributed by atoms with Gasteiger partial charge < -0.3 is 14.4 Å². The Morgan fingerprint density at radius 1 is 1.53 bits per heavy atom. The van der Waals surface area contributed by atoms with E-state index in [0.29, 0.717) is 11.6 Å². The van der Waals surface area contributed by atoms with Gasteiger partial charge in [-0.1, -0.05) is 6.07 Å². The Balaban J connectivity index is 2.00. The van der Waals surface area contributed by atoms with Crippen LogP contribution in [0.2, 0.25) is 0 Å². The molecule has 1 amide bonds. The topological polar surface area (TPSA) is 83.6 Å². The number of aromatic nitrogens is 1. The minimum absolute atomic E-state index is 0.0264. The third-order valence-electron chi connectivity index (χ3n) is 2.41. The lowest BCUT2D eigenvalue weighted by Gasteiger charge is -2.12. The number of thiophene rings is 1. The number of nitrogens with zero attached hydrogens (tertiary/aromatic N) is 2. The molecule has 0 aliphatic heterocycles. The van der Waals surface area contributed by atoms with Gasteiger partial charge in [0.15, 0.2) is 0 Å². The Kier molecular flexibility index (Phi) is 3.96. The number of rotatable bonds is 5. The first kappa shape index (κ1) is 13.3. The average molecular weight is 280 g/mol. The lowest BCUT2D eigenvalue weighted by molar-refractivity contribution is -0.143. The van der Waals surface area contributed by atoms with Crippen molar-refractivity contribution in [2.45, 2.75) is 6.42 Å². The van der Waals surface area contributed by atoms with Crippen molar-refractivity contribution in [2.75, 3.05) is 13.6 Å². The predicted octanol–water partition coefficient (Wildman–Crippen LogP) is 1.49. The molecule has 0 radical (unpaired) electrons. The number of aliphatic carboxylic acids is 1. The van der Waals surface area contributed by atoms with Gasteiger partial charge in [0, 0.05) is 7.05 Å². The maximum absolute atomic E-state index is 11.7. The van der Waals surface area contributed by atoms with E-state index in [0.717, 1.165) is 9.78 Å². The molecular formula is C12H12N2O4S. The Morgan fingerprint density at radius 2 is 2.32 bits per heavy atom. The molecule has 0 unspecified atom stereocenters.